The van der Waals surface area contributed by atoms with Gasteiger partial charge in [0.1, 0.15) is 12.4 Å². The summed E-state index contributed by atoms with van der Waals surface area (Å²) in [5.74, 6) is 0.495. The molecule has 142 valence electrons. The van der Waals surface area contributed by atoms with Crippen molar-refractivity contribution in [3.63, 3.8) is 0 Å². The molecule has 1 aliphatic heterocycles. The fraction of sp³-hybridized carbons (Fsp3) is 0.190. The Morgan fingerprint density at radius 1 is 1.21 bits per heavy atom. The molecule has 2 heterocycles. The molecule has 28 heavy (non-hydrogen) atoms. The molecule has 0 atom stereocenters. The second-order valence-corrected chi connectivity index (χ2v) is 7.17. The van der Waals surface area contributed by atoms with Crippen LogP contribution in [0.2, 0.25) is 0 Å². The first-order chi connectivity index (χ1) is 13.7. The standard InChI is InChI=1S/C21H19N3O3S/c25-20-8-3-9-24(20)18-6-2-5-16(11-18)23-21(26)15-4-1-7-19(10-15)27-12-17-13-28-14-22-17/h1-2,4-7,10-11,13-14H,3,8-9,12H2,(H,23,26). The molecule has 0 unspecified atom stereocenters. The number of benzene rings is 2. The largest absolute Gasteiger partial charge is 0.487 e. The van der Waals surface area contributed by atoms with Crippen molar-refractivity contribution in [3.05, 3.63) is 70.7 Å². The summed E-state index contributed by atoms with van der Waals surface area (Å²) in [6, 6.07) is 14.4. The molecule has 0 aliphatic carbocycles. The number of ether oxygens (including phenoxy) is 1. The summed E-state index contributed by atoms with van der Waals surface area (Å²) in [6.07, 6.45) is 1.44. The Hall–Kier alpha value is -3.19. The lowest BCUT2D eigenvalue weighted by Gasteiger charge is -2.17. The average molecular weight is 393 g/mol. The Balaban J connectivity index is 1.43. The summed E-state index contributed by atoms with van der Waals surface area (Å²) in [4.78, 5) is 30.5. The fourth-order valence-electron chi connectivity index (χ4n) is 3.07. The highest BCUT2D eigenvalue weighted by Gasteiger charge is 2.21. The highest BCUT2D eigenvalue weighted by Crippen LogP contribution is 2.25. The van der Waals surface area contributed by atoms with Gasteiger partial charge in [0.15, 0.2) is 0 Å². The molecule has 1 fully saturated rings. The van der Waals surface area contributed by atoms with Crippen LogP contribution in [-0.2, 0) is 11.4 Å². The van der Waals surface area contributed by atoms with Crippen LogP contribution in [0.4, 0.5) is 11.4 Å². The highest BCUT2D eigenvalue weighted by molar-refractivity contribution is 7.07. The van der Waals surface area contributed by atoms with Crippen LogP contribution in [0.1, 0.15) is 28.9 Å². The predicted molar refractivity (Wildman–Crippen MR) is 109 cm³/mol. The minimum absolute atomic E-state index is 0.119. The molecule has 2 amide bonds. The van der Waals surface area contributed by atoms with Crippen LogP contribution in [0.25, 0.3) is 0 Å². The summed E-state index contributed by atoms with van der Waals surface area (Å²) in [6.45, 7) is 1.08. The molecule has 0 radical (unpaired) electrons. The number of hydrogen-bond acceptors (Lipinski definition) is 5. The second-order valence-electron chi connectivity index (χ2n) is 6.45. The van der Waals surface area contributed by atoms with E-state index in [0.717, 1.165) is 17.8 Å². The van der Waals surface area contributed by atoms with Gasteiger partial charge in [-0.2, -0.15) is 0 Å². The number of carbonyl (C=O) groups is 2. The van der Waals surface area contributed by atoms with Gasteiger partial charge < -0.3 is 15.0 Å². The molecule has 6 nitrogen and oxygen atoms in total. The van der Waals surface area contributed by atoms with Crippen molar-refractivity contribution in [3.8, 4) is 5.75 Å². The molecule has 1 aliphatic rings. The van der Waals surface area contributed by atoms with Gasteiger partial charge >= 0.3 is 0 Å². The molecule has 1 aromatic heterocycles. The van der Waals surface area contributed by atoms with E-state index >= 15 is 0 Å². The molecular formula is C21H19N3O3S. The summed E-state index contributed by atoms with van der Waals surface area (Å²) in [7, 11) is 0. The minimum atomic E-state index is -0.232. The first-order valence-electron chi connectivity index (χ1n) is 9.01. The van der Waals surface area contributed by atoms with Crippen molar-refractivity contribution in [2.75, 3.05) is 16.8 Å². The zero-order valence-electron chi connectivity index (χ0n) is 15.1. The lowest BCUT2D eigenvalue weighted by atomic mass is 10.2. The number of nitrogens with one attached hydrogen (secondary N) is 1. The maximum absolute atomic E-state index is 12.6. The minimum Gasteiger partial charge on any atom is -0.487 e. The van der Waals surface area contributed by atoms with E-state index in [9.17, 15) is 9.59 Å². The monoisotopic (exact) mass is 393 g/mol. The molecular weight excluding hydrogens is 374 g/mol. The number of hydrogen-bond donors (Lipinski definition) is 1. The molecule has 3 aromatic rings. The zero-order chi connectivity index (χ0) is 19.3. The van der Waals surface area contributed by atoms with Gasteiger partial charge in [-0.3, -0.25) is 9.59 Å². The van der Waals surface area contributed by atoms with Gasteiger partial charge in [-0.1, -0.05) is 12.1 Å². The summed E-state index contributed by atoms with van der Waals surface area (Å²) in [5, 5.41) is 4.82. The Morgan fingerprint density at radius 2 is 2.11 bits per heavy atom. The van der Waals surface area contributed by atoms with Crippen molar-refractivity contribution >= 4 is 34.5 Å². The average Bonchev–Trinajstić information content (AvgIpc) is 3.38. The van der Waals surface area contributed by atoms with E-state index in [0.29, 0.717) is 36.6 Å². The first-order valence-corrected chi connectivity index (χ1v) is 9.95. The van der Waals surface area contributed by atoms with Crippen molar-refractivity contribution in [2.45, 2.75) is 19.4 Å². The number of anilines is 2. The smallest absolute Gasteiger partial charge is 0.255 e. The van der Waals surface area contributed by atoms with Crippen LogP contribution in [0.5, 0.6) is 5.75 Å². The van der Waals surface area contributed by atoms with Gasteiger partial charge in [0.25, 0.3) is 5.91 Å². The number of rotatable bonds is 6. The van der Waals surface area contributed by atoms with Crippen molar-refractivity contribution < 1.29 is 14.3 Å². The fourth-order valence-corrected chi connectivity index (χ4v) is 3.61. The number of thiazole rings is 1. The quantitative estimate of drug-likeness (QED) is 0.684. The van der Waals surface area contributed by atoms with E-state index in [2.05, 4.69) is 10.3 Å². The van der Waals surface area contributed by atoms with E-state index in [1.807, 2.05) is 35.7 Å². The first kappa shape index (κ1) is 18.2. The molecule has 0 saturated carbocycles. The second kappa shape index (κ2) is 8.22. The highest BCUT2D eigenvalue weighted by atomic mass is 32.1. The van der Waals surface area contributed by atoms with Crippen molar-refractivity contribution in [2.24, 2.45) is 0 Å². The third kappa shape index (κ3) is 4.20. The molecule has 1 saturated heterocycles. The molecule has 0 spiro atoms. The van der Waals surface area contributed by atoms with Gasteiger partial charge in [0.2, 0.25) is 5.91 Å². The van der Waals surface area contributed by atoms with E-state index in [4.69, 9.17) is 4.74 Å². The Labute approximate surface area is 166 Å². The van der Waals surface area contributed by atoms with E-state index in [-0.39, 0.29) is 11.8 Å². The van der Waals surface area contributed by atoms with Crippen LogP contribution in [0.3, 0.4) is 0 Å². The molecule has 2 aromatic carbocycles. The van der Waals surface area contributed by atoms with E-state index in [1.54, 1.807) is 28.6 Å². The Kier molecular flexibility index (Phi) is 5.34. The van der Waals surface area contributed by atoms with Crippen LogP contribution >= 0.6 is 11.3 Å². The maximum Gasteiger partial charge on any atom is 0.255 e. The molecule has 0 bridgehead atoms. The third-order valence-electron chi connectivity index (χ3n) is 4.46. The van der Waals surface area contributed by atoms with Crippen molar-refractivity contribution in [1.82, 2.24) is 4.98 Å². The Bertz CT molecular complexity index is 988. The molecule has 4 rings (SSSR count). The van der Waals surface area contributed by atoms with E-state index < -0.39 is 0 Å². The lowest BCUT2D eigenvalue weighted by Crippen LogP contribution is -2.23. The maximum atomic E-state index is 12.6. The third-order valence-corrected chi connectivity index (χ3v) is 5.09. The van der Waals surface area contributed by atoms with Crippen LogP contribution < -0.4 is 15.0 Å². The number of aromatic nitrogens is 1. The summed E-state index contributed by atoms with van der Waals surface area (Å²) < 4.78 is 5.71. The van der Waals surface area contributed by atoms with Crippen LogP contribution in [0, 0.1) is 0 Å². The number of nitrogens with zero attached hydrogens (tertiary/aromatic N) is 2. The zero-order valence-corrected chi connectivity index (χ0v) is 15.9. The molecule has 7 heteroatoms. The van der Waals surface area contributed by atoms with Gasteiger partial charge in [-0.25, -0.2) is 4.98 Å². The van der Waals surface area contributed by atoms with Gasteiger partial charge in [-0.05, 0) is 42.8 Å². The van der Waals surface area contributed by atoms with Crippen LogP contribution in [0.15, 0.2) is 59.4 Å². The topological polar surface area (TPSA) is 71.5 Å². The molecule has 1 N–H and O–H groups in total. The van der Waals surface area contributed by atoms with Gasteiger partial charge in [-0.15, -0.1) is 11.3 Å². The lowest BCUT2D eigenvalue weighted by molar-refractivity contribution is -0.117. The van der Waals surface area contributed by atoms with Gasteiger partial charge in [0.05, 0.1) is 11.2 Å². The van der Waals surface area contributed by atoms with E-state index in [1.165, 1.54) is 11.3 Å². The normalized spacial score (nSPS) is 13.6. The van der Waals surface area contributed by atoms with Gasteiger partial charge in [0, 0.05) is 35.3 Å². The van der Waals surface area contributed by atoms with Crippen LogP contribution in [-0.4, -0.2) is 23.3 Å². The predicted octanol–water partition coefficient (Wildman–Crippen LogP) is 4.10. The van der Waals surface area contributed by atoms with Crippen molar-refractivity contribution in [1.29, 1.82) is 0 Å². The SMILES string of the molecule is O=C(Nc1cccc(N2CCCC2=O)c1)c1cccc(OCc2cscn2)c1. The summed E-state index contributed by atoms with van der Waals surface area (Å²) >= 11 is 1.51. The number of carbonyl (C=O) groups excluding carboxylic acids is 2. The summed E-state index contributed by atoms with van der Waals surface area (Å²) in [5.41, 5.74) is 4.56. The Morgan fingerprint density at radius 3 is 2.89 bits per heavy atom. The number of amides is 2.